The zero-order valence-electron chi connectivity index (χ0n) is 14.3. The van der Waals surface area contributed by atoms with Crippen LogP contribution in [0.5, 0.6) is 11.5 Å². The Kier molecular flexibility index (Phi) is 5.32. The Labute approximate surface area is 152 Å². The molecule has 0 aromatic heterocycles. The first kappa shape index (κ1) is 18.1. The number of para-hydroxylation sites is 1. The number of benzene rings is 2. The lowest BCUT2D eigenvalue weighted by atomic mass is 10.2. The highest BCUT2D eigenvalue weighted by molar-refractivity contribution is 7.92. The molecule has 1 N–H and O–H groups in total. The van der Waals surface area contributed by atoms with Crippen LogP contribution in [0.3, 0.4) is 0 Å². The quantitative estimate of drug-likeness (QED) is 0.836. The molecule has 1 aliphatic rings. The van der Waals surface area contributed by atoms with E-state index in [-0.39, 0.29) is 18.1 Å². The smallest absolute Gasteiger partial charge is 0.235 e. The molecule has 0 aliphatic carbocycles. The van der Waals surface area contributed by atoms with Gasteiger partial charge in [-0.2, -0.15) is 0 Å². The first-order valence-electron chi connectivity index (χ1n) is 8.17. The Morgan fingerprint density at radius 3 is 2.50 bits per heavy atom. The normalized spacial score (nSPS) is 13.1. The predicted octanol–water partition coefficient (Wildman–Crippen LogP) is 2.25. The van der Waals surface area contributed by atoms with Crippen LogP contribution < -0.4 is 19.1 Å². The van der Waals surface area contributed by atoms with Crippen molar-refractivity contribution < 1.29 is 22.7 Å². The summed E-state index contributed by atoms with van der Waals surface area (Å²) in [5, 5.41) is 2.69. The molecule has 138 valence electrons. The maximum Gasteiger partial charge on any atom is 0.235 e. The third-order valence-corrected chi connectivity index (χ3v) is 5.72. The number of rotatable bonds is 6. The minimum Gasteiger partial charge on any atom is -0.486 e. The second kappa shape index (κ2) is 7.65. The average molecular weight is 376 g/mol. The van der Waals surface area contributed by atoms with Crippen molar-refractivity contribution >= 4 is 27.3 Å². The van der Waals surface area contributed by atoms with Crippen molar-refractivity contribution in [3.05, 3.63) is 48.5 Å². The maximum atomic E-state index is 12.4. The largest absolute Gasteiger partial charge is 0.486 e. The van der Waals surface area contributed by atoms with Gasteiger partial charge in [0.15, 0.2) is 11.5 Å². The first-order valence-corrected chi connectivity index (χ1v) is 9.78. The minimum absolute atomic E-state index is 0.145. The highest BCUT2D eigenvalue weighted by Crippen LogP contribution is 2.32. The number of nitrogens with zero attached hydrogens (tertiary/aromatic N) is 1. The molecule has 0 bridgehead atoms. The van der Waals surface area contributed by atoms with E-state index in [4.69, 9.17) is 9.47 Å². The lowest BCUT2D eigenvalue weighted by Gasteiger charge is -2.20. The lowest BCUT2D eigenvalue weighted by Crippen LogP contribution is -2.30. The summed E-state index contributed by atoms with van der Waals surface area (Å²) >= 11 is 0. The molecule has 1 heterocycles. The molecule has 0 saturated heterocycles. The molecule has 0 spiro atoms. The van der Waals surface area contributed by atoms with Crippen molar-refractivity contribution in [2.45, 2.75) is 6.42 Å². The van der Waals surface area contributed by atoms with E-state index in [0.29, 0.717) is 36.1 Å². The molecule has 3 rings (SSSR count). The number of fused-ring (bicyclic) bond motifs is 1. The Balaban J connectivity index is 1.58. The third-order valence-electron chi connectivity index (χ3n) is 3.95. The van der Waals surface area contributed by atoms with E-state index in [9.17, 15) is 13.2 Å². The van der Waals surface area contributed by atoms with E-state index in [1.807, 2.05) is 6.07 Å². The molecule has 26 heavy (non-hydrogen) atoms. The van der Waals surface area contributed by atoms with Crippen molar-refractivity contribution in [2.24, 2.45) is 0 Å². The van der Waals surface area contributed by atoms with Crippen molar-refractivity contribution in [3.8, 4) is 11.5 Å². The van der Waals surface area contributed by atoms with Gasteiger partial charge in [-0.1, -0.05) is 18.2 Å². The van der Waals surface area contributed by atoms with Gasteiger partial charge in [0, 0.05) is 25.2 Å². The molecular formula is C18H20N2O5S. The van der Waals surface area contributed by atoms with Gasteiger partial charge >= 0.3 is 0 Å². The monoisotopic (exact) mass is 376 g/mol. The fourth-order valence-corrected chi connectivity index (χ4v) is 3.66. The molecule has 0 atom stereocenters. The Bertz CT molecular complexity index is 884. The van der Waals surface area contributed by atoms with Gasteiger partial charge in [-0.05, 0) is 24.3 Å². The van der Waals surface area contributed by atoms with E-state index in [0.717, 1.165) is 0 Å². The molecular weight excluding hydrogens is 356 g/mol. The molecule has 0 saturated carbocycles. The van der Waals surface area contributed by atoms with Gasteiger partial charge in [0.05, 0.1) is 11.4 Å². The van der Waals surface area contributed by atoms with Gasteiger partial charge in [0.25, 0.3) is 0 Å². The van der Waals surface area contributed by atoms with Crippen LogP contribution in [0.1, 0.15) is 6.42 Å². The summed E-state index contributed by atoms with van der Waals surface area (Å²) in [6.07, 6.45) is -0.145. The van der Waals surface area contributed by atoms with Crippen molar-refractivity contribution in [3.63, 3.8) is 0 Å². The van der Waals surface area contributed by atoms with E-state index in [2.05, 4.69) is 5.32 Å². The summed E-state index contributed by atoms with van der Waals surface area (Å²) in [5.41, 5.74) is 1.09. The highest BCUT2D eigenvalue weighted by atomic mass is 32.2. The van der Waals surface area contributed by atoms with Crippen molar-refractivity contribution in [2.75, 3.05) is 35.6 Å². The van der Waals surface area contributed by atoms with Gasteiger partial charge in [0.2, 0.25) is 15.9 Å². The second-order valence-corrected chi connectivity index (χ2v) is 7.90. The summed E-state index contributed by atoms with van der Waals surface area (Å²) in [5.74, 6) is 0.521. The maximum absolute atomic E-state index is 12.4. The van der Waals surface area contributed by atoms with Crippen LogP contribution in [0.25, 0.3) is 0 Å². The van der Waals surface area contributed by atoms with Gasteiger partial charge < -0.3 is 14.8 Å². The molecule has 0 radical (unpaired) electrons. The Morgan fingerprint density at radius 1 is 1.08 bits per heavy atom. The summed E-state index contributed by atoms with van der Waals surface area (Å²) in [4.78, 5) is 12.1. The first-order chi connectivity index (χ1) is 12.5. The van der Waals surface area contributed by atoms with Crippen LogP contribution in [-0.4, -0.2) is 40.3 Å². The Morgan fingerprint density at radius 2 is 1.77 bits per heavy atom. The lowest BCUT2D eigenvalue weighted by molar-refractivity contribution is -0.115. The summed E-state index contributed by atoms with van der Waals surface area (Å²) in [6.45, 7) is 0.944. The highest BCUT2D eigenvalue weighted by Gasteiger charge is 2.20. The summed E-state index contributed by atoms with van der Waals surface area (Å²) < 4.78 is 36.8. The van der Waals surface area contributed by atoms with Crippen LogP contribution in [0, 0.1) is 0 Å². The van der Waals surface area contributed by atoms with Gasteiger partial charge in [-0.3, -0.25) is 9.10 Å². The fraction of sp³-hybridized carbons (Fsp3) is 0.278. The van der Waals surface area contributed by atoms with Crippen LogP contribution in [0.4, 0.5) is 11.4 Å². The number of carbonyl (C=O) groups is 1. The third kappa shape index (κ3) is 4.26. The van der Waals surface area contributed by atoms with Crippen LogP contribution in [0.15, 0.2) is 48.5 Å². The van der Waals surface area contributed by atoms with E-state index in [1.54, 1.807) is 42.5 Å². The Hall–Kier alpha value is -2.74. The second-order valence-electron chi connectivity index (χ2n) is 5.78. The SMILES string of the molecule is CN(c1ccccc1)S(=O)(=O)CCC(=O)Nc1ccc2c(c1)OCCO2. The standard InChI is InChI=1S/C18H20N2O5S/c1-20(15-5-3-2-4-6-15)26(22,23)12-9-18(21)19-14-7-8-16-17(13-14)25-11-10-24-16/h2-8,13H,9-12H2,1H3,(H,19,21). The van der Waals surface area contributed by atoms with E-state index in [1.165, 1.54) is 11.4 Å². The minimum atomic E-state index is -3.59. The number of anilines is 2. The number of nitrogens with one attached hydrogen (secondary N) is 1. The van der Waals surface area contributed by atoms with Crippen molar-refractivity contribution in [1.82, 2.24) is 0 Å². The predicted molar refractivity (Wildman–Crippen MR) is 99.3 cm³/mol. The number of ether oxygens (including phenoxy) is 2. The van der Waals surface area contributed by atoms with E-state index >= 15 is 0 Å². The number of amides is 1. The summed E-state index contributed by atoms with van der Waals surface area (Å²) in [6, 6.07) is 13.8. The topological polar surface area (TPSA) is 84.9 Å². The number of hydrogen-bond acceptors (Lipinski definition) is 5. The molecule has 1 amide bonds. The molecule has 7 nitrogen and oxygen atoms in total. The number of carbonyl (C=O) groups excluding carboxylic acids is 1. The van der Waals surface area contributed by atoms with Crippen LogP contribution in [-0.2, 0) is 14.8 Å². The van der Waals surface area contributed by atoms with Crippen molar-refractivity contribution in [1.29, 1.82) is 0 Å². The zero-order chi connectivity index (χ0) is 18.6. The number of sulfonamides is 1. The molecule has 2 aromatic rings. The van der Waals surface area contributed by atoms with Crippen LogP contribution in [0.2, 0.25) is 0 Å². The van der Waals surface area contributed by atoms with Crippen LogP contribution >= 0.6 is 0 Å². The summed E-state index contributed by atoms with van der Waals surface area (Å²) in [7, 11) is -2.11. The molecule has 2 aromatic carbocycles. The molecule has 0 unspecified atom stereocenters. The zero-order valence-corrected chi connectivity index (χ0v) is 15.2. The fourth-order valence-electron chi connectivity index (χ4n) is 2.50. The van der Waals surface area contributed by atoms with Gasteiger partial charge in [-0.25, -0.2) is 8.42 Å². The molecule has 8 heteroatoms. The van der Waals surface area contributed by atoms with E-state index < -0.39 is 10.0 Å². The number of hydrogen-bond donors (Lipinski definition) is 1. The molecule has 0 fully saturated rings. The van der Waals surface area contributed by atoms with Gasteiger partial charge in [-0.15, -0.1) is 0 Å². The molecule has 1 aliphatic heterocycles. The average Bonchev–Trinajstić information content (AvgIpc) is 2.66. The van der Waals surface area contributed by atoms with Gasteiger partial charge in [0.1, 0.15) is 13.2 Å².